The van der Waals surface area contributed by atoms with Gasteiger partial charge in [0.05, 0.1) is 13.1 Å². The molecule has 0 saturated heterocycles. The Balaban J connectivity index is 2.06. The highest BCUT2D eigenvalue weighted by Gasteiger charge is 2.15. The molecule has 146 valence electrons. The quantitative estimate of drug-likeness (QED) is 0.215. The number of aryl methyl sites for hydroxylation is 2. The molecule has 0 amide bonds. The number of imidazole rings is 1. The van der Waals surface area contributed by atoms with Crippen LogP contribution in [0.4, 0.5) is 0 Å². The third-order valence-corrected chi connectivity index (χ3v) is 5.27. The van der Waals surface area contributed by atoms with E-state index >= 15 is 0 Å². The molecule has 1 rings (SSSR count). The van der Waals surface area contributed by atoms with Crippen LogP contribution < -0.4 is 4.57 Å². The van der Waals surface area contributed by atoms with Gasteiger partial charge in [-0.1, -0.05) is 91.4 Å². The van der Waals surface area contributed by atoms with Crippen molar-refractivity contribution in [2.45, 2.75) is 130 Å². The van der Waals surface area contributed by atoms with Gasteiger partial charge in [0, 0.05) is 6.42 Å². The Morgan fingerprint density at radius 1 is 0.680 bits per heavy atom. The Labute approximate surface area is 158 Å². The molecule has 1 aromatic rings. The maximum Gasteiger partial charge on any atom is 0.256 e. The Kier molecular flexibility index (Phi) is 13.8. The normalized spacial score (nSPS) is 11.3. The highest BCUT2D eigenvalue weighted by molar-refractivity contribution is 4.84. The molecular weight excluding hydrogens is 304 g/mol. The Morgan fingerprint density at radius 3 is 1.76 bits per heavy atom. The molecule has 0 fully saturated rings. The first-order chi connectivity index (χ1) is 12.3. The van der Waals surface area contributed by atoms with Gasteiger partial charge in [-0.15, -0.1) is 0 Å². The fourth-order valence-electron chi connectivity index (χ4n) is 3.80. The molecule has 0 N–H and O–H groups in total. The molecule has 0 atom stereocenters. The zero-order valence-corrected chi connectivity index (χ0v) is 17.6. The molecule has 0 aliphatic heterocycles. The van der Waals surface area contributed by atoms with E-state index in [1.807, 2.05) is 0 Å². The fraction of sp³-hybridized carbons (Fsp3) is 0.870. The van der Waals surface area contributed by atoms with Gasteiger partial charge in [0.2, 0.25) is 0 Å². The van der Waals surface area contributed by atoms with E-state index in [2.05, 4.69) is 42.3 Å². The molecule has 0 aliphatic rings. The first kappa shape index (κ1) is 22.3. The smallest absolute Gasteiger partial charge is 0.234 e. The second-order valence-corrected chi connectivity index (χ2v) is 7.74. The van der Waals surface area contributed by atoms with Crippen molar-refractivity contribution in [1.82, 2.24) is 4.57 Å². The predicted octanol–water partition coefficient (Wildman–Crippen LogP) is 6.84. The van der Waals surface area contributed by atoms with Crippen molar-refractivity contribution < 1.29 is 4.57 Å². The number of nitrogens with zero attached hydrogens (tertiary/aromatic N) is 2. The van der Waals surface area contributed by atoms with Crippen molar-refractivity contribution in [3.05, 3.63) is 18.2 Å². The van der Waals surface area contributed by atoms with Crippen molar-refractivity contribution in [3.63, 3.8) is 0 Å². The summed E-state index contributed by atoms with van der Waals surface area (Å²) in [5.74, 6) is 1.55. The number of aromatic nitrogens is 2. The SMILES string of the molecule is CCCCCCCCCCCCCCc1n(CCC)cc[n+]1CCC. The molecule has 2 nitrogen and oxygen atoms in total. The zero-order valence-electron chi connectivity index (χ0n) is 17.6. The topological polar surface area (TPSA) is 8.81 Å². The van der Waals surface area contributed by atoms with Crippen LogP contribution in [0.5, 0.6) is 0 Å². The van der Waals surface area contributed by atoms with Gasteiger partial charge in [-0.3, -0.25) is 0 Å². The summed E-state index contributed by atoms with van der Waals surface area (Å²) < 4.78 is 4.96. The van der Waals surface area contributed by atoms with Crippen LogP contribution in [-0.2, 0) is 19.5 Å². The van der Waals surface area contributed by atoms with Gasteiger partial charge in [0.1, 0.15) is 12.4 Å². The third-order valence-electron chi connectivity index (χ3n) is 5.27. The van der Waals surface area contributed by atoms with Crippen LogP contribution >= 0.6 is 0 Å². The van der Waals surface area contributed by atoms with Crippen LogP contribution in [0, 0.1) is 0 Å². The molecule has 0 radical (unpaired) electrons. The highest BCUT2D eigenvalue weighted by Crippen LogP contribution is 2.13. The van der Waals surface area contributed by atoms with Crippen LogP contribution in [-0.4, -0.2) is 4.57 Å². The molecule has 0 aliphatic carbocycles. The van der Waals surface area contributed by atoms with Crippen LogP contribution in [0.2, 0.25) is 0 Å². The first-order valence-corrected chi connectivity index (χ1v) is 11.4. The third kappa shape index (κ3) is 10.1. The molecule has 0 aromatic carbocycles. The monoisotopic (exact) mass is 349 g/mol. The minimum absolute atomic E-state index is 1.17. The van der Waals surface area contributed by atoms with Gasteiger partial charge < -0.3 is 0 Å². The summed E-state index contributed by atoms with van der Waals surface area (Å²) in [6, 6.07) is 0. The lowest BCUT2D eigenvalue weighted by molar-refractivity contribution is -0.703. The average molecular weight is 350 g/mol. The summed E-state index contributed by atoms with van der Waals surface area (Å²) in [5, 5.41) is 0. The van der Waals surface area contributed by atoms with Crippen molar-refractivity contribution in [3.8, 4) is 0 Å². The van der Waals surface area contributed by atoms with E-state index in [0.717, 1.165) is 0 Å². The van der Waals surface area contributed by atoms with Crippen LogP contribution in [0.3, 0.4) is 0 Å². The molecule has 2 heteroatoms. The van der Waals surface area contributed by atoms with Crippen molar-refractivity contribution >= 4 is 0 Å². The molecule has 1 aromatic heterocycles. The van der Waals surface area contributed by atoms with Gasteiger partial charge in [-0.2, -0.15) is 0 Å². The minimum atomic E-state index is 1.17. The van der Waals surface area contributed by atoms with E-state index in [0.29, 0.717) is 0 Å². The van der Waals surface area contributed by atoms with Crippen molar-refractivity contribution in [1.29, 1.82) is 0 Å². The molecule has 0 unspecified atom stereocenters. The Hall–Kier alpha value is -0.790. The lowest BCUT2D eigenvalue weighted by Crippen LogP contribution is -2.37. The van der Waals surface area contributed by atoms with E-state index in [1.54, 1.807) is 5.82 Å². The van der Waals surface area contributed by atoms with Gasteiger partial charge in [0.15, 0.2) is 0 Å². The Bertz CT molecular complexity index is 385. The van der Waals surface area contributed by atoms with E-state index in [-0.39, 0.29) is 0 Å². The summed E-state index contributed by atoms with van der Waals surface area (Å²) >= 11 is 0. The molecular formula is C23H45N2+. The minimum Gasteiger partial charge on any atom is -0.234 e. The molecule has 0 bridgehead atoms. The van der Waals surface area contributed by atoms with E-state index in [4.69, 9.17) is 0 Å². The number of hydrogen-bond acceptors (Lipinski definition) is 0. The maximum atomic E-state index is 2.48. The van der Waals surface area contributed by atoms with E-state index in [1.165, 1.54) is 109 Å². The lowest BCUT2D eigenvalue weighted by Gasteiger charge is -2.05. The number of rotatable bonds is 17. The van der Waals surface area contributed by atoms with Gasteiger partial charge in [0.25, 0.3) is 5.82 Å². The second-order valence-electron chi connectivity index (χ2n) is 7.74. The van der Waals surface area contributed by atoms with Gasteiger partial charge in [-0.25, -0.2) is 9.13 Å². The van der Waals surface area contributed by atoms with Crippen LogP contribution in [0.25, 0.3) is 0 Å². The standard InChI is InChI=1S/C23H45N2/c1-4-7-8-9-10-11-12-13-14-15-16-17-18-23-24(19-5-2)21-22-25(23)20-6-3/h21-22H,4-20H2,1-3H3/q+1. The van der Waals surface area contributed by atoms with E-state index < -0.39 is 0 Å². The van der Waals surface area contributed by atoms with Crippen LogP contribution in [0.15, 0.2) is 12.4 Å². The summed E-state index contributed by atoms with van der Waals surface area (Å²) in [6.07, 6.45) is 25.5. The largest absolute Gasteiger partial charge is 0.256 e. The van der Waals surface area contributed by atoms with Gasteiger partial charge >= 0.3 is 0 Å². The Morgan fingerprint density at radius 2 is 1.24 bits per heavy atom. The van der Waals surface area contributed by atoms with E-state index in [9.17, 15) is 0 Å². The zero-order chi connectivity index (χ0) is 18.2. The molecule has 0 saturated carbocycles. The lowest BCUT2D eigenvalue weighted by atomic mass is 10.0. The summed E-state index contributed by atoms with van der Waals surface area (Å²) in [7, 11) is 0. The molecule has 25 heavy (non-hydrogen) atoms. The number of hydrogen-bond donors (Lipinski definition) is 0. The molecule has 0 spiro atoms. The summed E-state index contributed by atoms with van der Waals surface area (Å²) in [5.41, 5.74) is 0. The van der Waals surface area contributed by atoms with Crippen LogP contribution in [0.1, 0.15) is 116 Å². The van der Waals surface area contributed by atoms with Crippen molar-refractivity contribution in [2.75, 3.05) is 0 Å². The summed E-state index contributed by atoms with van der Waals surface area (Å²) in [4.78, 5) is 0. The molecule has 1 heterocycles. The summed E-state index contributed by atoms with van der Waals surface area (Å²) in [6.45, 7) is 9.19. The maximum absolute atomic E-state index is 2.48. The first-order valence-electron chi connectivity index (χ1n) is 11.4. The van der Waals surface area contributed by atoms with Crippen molar-refractivity contribution in [2.24, 2.45) is 0 Å². The van der Waals surface area contributed by atoms with Gasteiger partial charge in [-0.05, 0) is 19.3 Å². The fourth-order valence-corrected chi connectivity index (χ4v) is 3.80. The second kappa shape index (κ2) is 15.5. The average Bonchev–Trinajstić information content (AvgIpc) is 2.98. The predicted molar refractivity (Wildman–Crippen MR) is 110 cm³/mol. The highest BCUT2D eigenvalue weighted by atomic mass is 15.1. The number of unbranched alkanes of at least 4 members (excludes halogenated alkanes) is 11.